The van der Waals surface area contributed by atoms with Crippen molar-refractivity contribution in [2.45, 2.75) is 19.1 Å². The number of β-amino-alcohol motifs (C(OH)–C–C–N with tert-alkyl or cyclic N) is 1. The summed E-state index contributed by atoms with van der Waals surface area (Å²) in [6.07, 6.45) is 0.487. The van der Waals surface area contributed by atoms with Crippen molar-refractivity contribution in [3.8, 4) is 0 Å². The zero-order chi connectivity index (χ0) is 12.8. The molecule has 1 aliphatic heterocycles. The van der Waals surface area contributed by atoms with E-state index in [0.717, 1.165) is 19.5 Å². The number of likely N-dealkylation sites (tertiary alicyclic amines) is 1. The highest BCUT2D eigenvalue weighted by atomic mass is 16.3. The zero-order valence-corrected chi connectivity index (χ0v) is 10.3. The molecule has 1 fully saturated rings. The minimum atomic E-state index is -0.395. The van der Waals surface area contributed by atoms with E-state index in [1.54, 1.807) is 0 Å². The zero-order valence-electron chi connectivity index (χ0n) is 10.3. The van der Waals surface area contributed by atoms with E-state index in [0.29, 0.717) is 13.1 Å². The summed E-state index contributed by atoms with van der Waals surface area (Å²) in [4.78, 5) is 4.99. The summed E-state index contributed by atoms with van der Waals surface area (Å²) in [5.41, 5.74) is 9.56. The fraction of sp³-hybridized carbons (Fsp3) is 0.538. The van der Waals surface area contributed by atoms with Gasteiger partial charge >= 0.3 is 0 Å². The van der Waals surface area contributed by atoms with Crippen LogP contribution in [0, 0.1) is 5.92 Å². The van der Waals surface area contributed by atoms with Crippen molar-refractivity contribution in [3.05, 3.63) is 46.3 Å². The number of aliphatic hydroxyl groups is 1. The normalized spacial score (nSPS) is 24.5. The summed E-state index contributed by atoms with van der Waals surface area (Å²) < 4.78 is 0. The van der Waals surface area contributed by atoms with Crippen molar-refractivity contribution < 1.29 is 5.11 Å². The molecule has 5 nitrogen and oxygen atoms in total. The molecule has 1 aromatic carbocycles. The van der Waals surface area contributed by atoms with E-state index in [9.17, 15) is 5.11 Å². The number of nitrogens with zero attached hydrogens (tertiary/aromatic N) is 4. The predicted molar refractivity (Wildman–Crippen MR) is 69.8 cm³/mol. The molecule has 0 saturated carbocycles. The second-order valence-electron chi connectivity index (χ2n) is 4.75. The largest absolute Gasteiger partial charge is 0.392 e. The Labute approximate surface area is 107 Å². The SMILES string of the molecule is [N-]=[N+]=NC[C@H]1CCN(Cc2ccccc2)C[C@@H]1O. The van der Waals surface area contributed by atoms with E-state index in [4.69, 9.17) is 5.53 Å². The molecule has 0 unspecified atom stereocenters. The van der Waals surface area contributed by atoms with Crippen LogP contribution in [0.5, 0.6) is 0 Å². The van der Waals surface area contributed by atoms with Gasteiger partial charge in [-0.2, -0.15) is 0 Å². The lowest BCUT2D eigenvalue weighted by Gasteiger charge is -2.35. The highest BCUT2D eigenvalue weighted by molar-refractivity contribution is 5.14. The first-order valence-corrected chi connectivity index (χ1v) is 6.25. The average molecular weight is 246 g/mol. The van der Waals surface area contributed by atoms with Crippen molar-refractivity contribution >= 4 is 0 Å². The second-order valence-corrected chi connectivity index (χ2v) is 4.75. The third-order valence-corrected chi connectivity index (χ3v) is 3.43. The van der Waals surface area contributed by atoms with Gasteiger partial charge in [-0.15, -0.1) is 0 Å². The third-order valence-electron chi connectivity index (χ3n) is 3.43. The van der Waals surface area contributed by atoms with Gasteiger partial charge in [-0.05, 0) is 30.0 Å². The topological polar surface area (TPSA) is 72.2 Å². The van der Waals surface area contributed by atoms with Gasteiger partial charge in [0.2, 0.25) is 0 Å². The van der Waals surface area contributed by atoms with Gasteiger partial charge in [0.15, 0.2) is 0 Å². The van der Waals surface area contributed by atoms with Crippen LogP contribution < -0.4 is 0 Å². The molecule has 0 amide bonds. The number of azide groups is 1. The van der Waals surface area contributed by atoms with Gasteiger partial charge in [0.05, 0.1) is 6.10 Å². The molecule has 96 valence electrons. The minimum Gasteiger partial charge on any atom is -0.392 e. The lowest BCUT2D eigenvalue weighted by molar-refractivity contribution is 0.0222. The van der Waals surface area contributed by atoms with Crippen molar-refractivity contribution in [3.63, 3.8) is 0 Å². The standard InChI is InChI=1S/C13H18N4O/c14-16-15-8-12-6-7-17(10-13(12)18)9-11-4-2-1-3-5-11/h1-5,12-13,18H,6-10H2/t12-,13+/m1/s1. The Morgan fingerprint density at radius 3 is 2.83 bits per heavy atom. The van der Waals surface area contributed by atoms with Crippen LogP contribution in [0.2, 0.25) is 0 Å². The Morgan fingerprint density at radius 1 is 1.39 bits per heavy atom. The van der Waals surface area contributed by atoms with Gasteiger partial charge in [-0.1, -0.05) is 35.4 Å². The summed E-state index contributed by atoms with van der Waals surface area (Å²) in [5, 5.41) is 13.6. The van der Waals surface area contributed by atoms with E-state index in [-0.39, 0.29) is 5.92 Å². The van der Waals surface area contributed by atoms with Crippen LogP contribution in [-0.4, -0.2) is 35.7 Å². The summed E-state index contributed by atoms with van der Waals surface area (Å²) in [6, 6.07) is 10.3. The van der Waals surface area contributed by atoms with Gasteiger partial charge in [-0.3, -0.25) is 4.90 Å². The van der Waals surface area contributed by atoms with Crippen molar-refractivity contribution in [2.24, 2.45) is 11.0 Å². The number of hydrogen-bond donors (Lipinski definition) is 1. The van der Waals surface area contributed by atoms with Crippen LogP contribution in [0.4, 0.5) is 0 Å². The summed E-state index contributed by atoms with van der Waals surface area (Å²) in [5.74, 6) is 0.105. The molecular formula is C13H18N4O. The molecule has 1 saturated heterocycles. The maximum Gasteiger partial charge on any atom is 0.0697 e. The Kier molecular flexibility index (Phi) is 4.59. The number of piperidine rings is 1. The molecule has 0 bridgehead atoms. The lowest BCUT2D eigenvalue weighted by atomic mass is 9.94. The molecule has 0 spiro atoms. The molecular weight excluding hydrogens is 228 g/mol. The smallest absolute Gasteiger partial charge is 0.0697 e. The Bertz CT molecular complexity index is 416. The Morgan fingerprint density at radius 2 is 2.17 bits per heavy atom. The Hall–Kier alpha value is -1.55. The first-order valence-electron chi connectivity index (χ1n) is 6.25. The summed E-state index contributed by atoms with van der Waals surface area (Å²) in [7, 11) is 0. The fourth-order valence-electron chi connectivity index (χ4n) is 2.39. The number of hydrogen-bond acceptors (Lipinski definition) is 3. The number of aliphatic hydroxyl groups excluding tert-OH is 1. The fourth-order valence-corrected chi connectivity index (χ4v) is 2.39. The van der Waals surface area contributed by atoms with Crippen LogP contribution in [0.15, 0.2) is 35.4 Å². The summed E-state index contributed by atoms with van der Waals surface area (Å²) in [6.45, 7) is 2.86. The van der Waals surface area contributed by atoms with Crippen LogP contribution in [0.25, 0.3) is 10.4 Å². The van der Waals surface area contributed by atoms with E-state index in [1.807, 2.05) is 18.2 Å². The van der Waals surface area contributed by atoms with Crippen LogP contribution in [0.3, 0.4) is 0 Å². The van der Waals surface area contributed by atoms with Gasteiger partial charge < -0.3 is 5.11 Å². The van der Waals surface area contributed by atoms with Crippen LogP contribution >= 0.6 is 0 Å². The molecule has 2 atom stereocenters. The maximum absolute atomic E-state index is 10.0. The molecule has 0 radical (unpaired) electrons. The van der Waals surface area contributed by atoms with Crippen molar-refractivity contribution in [1.82, 2.24) is 4.90 Å². The molecule has 2 rings (SSSR count). The van der Waals surface area contributed by atoms with Gasteiger partial charge in [-0.25, -0.2) is 0 Å². The highest BCUT2D eigenvalue weighted by Gasteiger charge is 2.26. The van der Waals surface area contributed by atoms with Crippen LogP contribution in [-0.2, 0) is 6.54 Å². The molecule has 0 aromatic heterocycles. The van der Waals surface area contributed by atoms with Crippen molar-refractivity contribution in [2.75, 3.05) is 19.6 Å². The second kappa shape index (κ2) is 6.40. The van der Waals surface area contributed by atoms with Gasteiger partial charge in [0.1, 0.15) is 0 Å². The number of rotatable bonds is 4. The first-order chi connectivity index (χ1) is 8.79. The Balaban J connectivity index is 1.86. The third kappa shape index (κ3) is 3.47. The maximum atomic E-state index is 10.0. The van der Waals surface area contributed by atoms with E-state index >= 15 is 0 Å². The van der Waals surface area contributed by atoms with Crippen LogP contribution in [0.1, 0.15) is 12.0 Å². The lowest BCUT2D eigenvalue weighted by Crippen LogP contribution is -2.44. The molecule has 1 N–H and O–H groups in total. The molecule has 1 aromatic rings. The van der Waals surface area contributed by atoms with Crippen molar-refractivity contribution in [1.29, 1.82) is 0 Å². The highest BCUT2D eigenvalue weighted by Crippen LogP contribution is 2.20. The minimum absolute atomic E-state index is 0.105. The van der Waals surface area contributed by atoms with E-state index in [1.165, 1.54) is 5.56 Å². The quantitative estimate of drug-likeness (QED) is 0.502. The summed E-state index contributed by atoms with van der Waals surface area (Å²) >= 11 is 0. The van der Waals surface area contributed by atoms with E-state index in [2.05, 4.69) is 27.1 Å². The average Bonchev–Trinajstić information content (AvgIpc) is 2.39. The monoisotopic (exact) mass is 246 g/mol. The van der Waals surface area contributed by atoms with E-state index < -0.39 is 6.10 Å². The molecule has 1 aliphatic rings. The molecule has 5 heteroatoms. The predicted octanol–water partition coefficient (Wildman–Crippen LogP) is 2.18. The molecule has 18 heavy (non-hydrogen) atoms. The number of benzene rings is 1. The molecule has 1 heterocycles. The first kappa shape index (κ1) is 12.9. The van der Waals surface area contributed by atoms with Gasteiger partial charge in [0, 0.05) is 24.5 Å². The van der Waals surface area contributed by atoms with Gasteiger partial charge in [0.25, 0.3) is 0 Å². The molecule has 0 aliphatic carbocycles.